The molecule has 1 aliphatic carbocycles. The Morgan fingerprint density at radius 3 is 2.50 bits per heavy atom. The quantitative estimate of drug-likeness (QED) is 0.547. The molecule has 1 aliphatic rings. The number of aldehydes is 1. The predicted octanol–water partition coefficient (Wildman–Crippen LogP) is 2.96. The highest BCUT2D eigenvalue weighted by Crippen LogP contribution is 2.43. The molecule has 0 N–H and O–H groups in total. The molecule has 0 aromatic rings. The second kappa shape index (κ2) is 3.04. The van der Waals surface area contributed by atoms with Crippen LogP contribution in [-0.2, 0) is 4.79 Å². The van der Waals surface area contributed by atoms with Crippen molar-refractivity contribution >= 4 is 6.29 Å². The van der Waals surface area contributed by atoms with Crippen molar-refractivity contribution in [3.63, 3.8) is 0 Å². The Hall–Kier alpha value is -0.590. The summed E-state index contributed by atoms with van der Waals surface area (Å²) in [5, 5.41) is 0. The highest BCUT2D eigenvalue weighted by atomic mass is 16.1. The molecule has 0 aromatic carbocycles. The summed E-state index contributed by atoms with van der Waals surface area (Å²) in [5.41, 5.74) is 2.40. The van der Waals surface area contributed by atoms with Gasteiger partial charge in [0.15, 0.2) is 0 Å². The monoisotopic (exact) mass is 166 g/mol. The van der Waals surface area contributed by atoms with E-state index in [0.717, 1.165) is 18.3 Å². The Kier molecular flexibility index (Phi) is 2.41. The van der Waals surface area contributed by atoms with E-state index in [2.05, 4.69) is 27.7 Å². The number of rotatable bonds is 1. The van der Waals surface area contributed by atoms with Crippen LogP contribution < -0.4 is 0 Å². The molecule has 1 atom stereocenters. The van der Waals surface area contributed by atoms with Gasteiger partial charge in [-0.1, -0.05) is 26.3 Å². The first kappa shape index (κ1) is 9.50. The molecule has 0 amide bonds. The molecule has 0 radical (unpaired) electrons. The maximum atomic E-state index is 10.9. The minimum atomic E-state index is 0.0874. The summed E-state index contributed by atoms with van der Waals surface area (Å²) in [7, 11) is 0. The maximum absolute atomic E-state index is 10.9. The van der Waals surface area contributed by atoms with E-state index in [4.69, 9.17) is 0 Å². The summed E-state index contributed by atoms with van der Waals surface area (Å²) >= 11 is 0. The number of allylic oxidation sites excluding steroid dienone is 2. The lowest BCUT2D eigenvalue weighted by molar-refractivity contribution is -0.106. The van der Waals surface area contributed by atoms with E-state index in [9.17, 15) is 4.79 Å². The van der Waals surface area contributed by atoms with Crippen molar-refractivity contribution in [1.29, 1.82) is 0 Å². The number of carbonyl (C=O) groups is 1. The zero-order chi connectivity index (χ0) is 9.35. The van der Waals surface area contributed by atoms with Crippen molar-refractivity contribution in [1.82, 2.24) is 0 Å². The van der Waals surface area contributed by atoms with Gasteiger partial charge in [0.1, 0.15) is 6.29 Å². The van der Waals surface area contributed by atoms with Gasteiger partial charge in [0.25, 0.3) is 0 Å². The molecule has 1 heteroatoms. The summed E-state index contributed by atoms with van der Waals surface area (Å²) in [6, 6.07) is 0. The summed E-state index contributed by atoms with van der Waals surface area (Å²) in [6.07, 6.45) is 3.36. The van der Waals surface area contributed by atoms with Crippen LogP contribution in [0, 0.1) is 11.3 Å². The van der Waals surface area contributed by atoms with Crippen molar-refractivity contribution in [3.05, 3.63) is 11.1 Å². The molecular formula is C11H18O. The van der Waals surface area contributed by atoms with E-state index < -0.39 is 0 Å². The maximum Gasteiger partial charge on any atom is 0.146 e. The number of hydrogen-bond donors (Lipinski definition) is 0. The van der Waals surface area contributed by atoms with Crippen LogP contribution in [0.1, 0.15) is 40.5 Å². The lowest BCUT2D eigenvalue weighted by Crippen LogP contribution is -2.29. The van der Waals surface area contributed by atoms with E-state index in [0.29, 0.717) is 5.92 Å². The van der Waals surface area contributed by atoms with Crippen LogP contribution in [-0.4, -0.2) is 6.29 Å². The third kappa shape index (κ3) is 1.33. The molecule has 0 bridgehead atoms. The van der Waals surface area contributed by atoms with Crippen molar-refractivity contribution in [2.24, 2.45) is 11.3 Å². The molecule has 0 saturated carbocycles. The molecule has 0 heterocycles. The second-order valence-corrected chi connectivity index (χ2v) is 4.47. The fourth-order valence-electron chi connectivity index (χ4n) is 2.00. The van der Waals surface area contributed by atoms with Crippen LogP contribution in [0.15, 0.2) is 11.1 Å². The lowest BCUT2D eigenvalue weighted by atomic mass is 9.67. The largest absolute Gasteiger partial charge is 0.298 e. The highest BCUT2D eigenvalue weighted by molar-refractivity contribution is 5.77. The first-order chi connectivity index (χ1) is 5.50. The Morgan fingerprint density at radius 2 is 2.08 bits per heavy atom. The van der Waals surface area contributed by atoms with Crippen LogP contribution in [0.5, 0.6) is 0 Å². The second-order valence-electron chi connectivity index (χ2n) is 4.47. The van der Waals surface area contributed by atoms with E-state index in [1.807, 2.05) is 0 Å². The van der Waals surface area contributed by atoms with E-state index >= 15 is 0 Å². The van der Waals surface area contributed by atoms with Gasteiger partial charge in [-0.05, 0) is 36.7 Å². The van der Waals surface area contributed by atoms with E-state index in [-0.39, 0.29) is 5.41 Å². The SMILES string of the molecule is CC1=C(C=O)C(C)(C)[C@H](C)CC1. The summed E-state index contributed by atoms with van der Waals surface area (Å²) < 4.78 is 0. The van der Waals surface area contributed by atoms with E-state index in [1.165, 1.54) is 12.0 Å². The summed E-state index contributed by atoms with van der Waals surface area (Å²) in [4.78, 5) is 10.9. The van der Waals surface area contributed by atoms with E-state index in [1.54, 1.807) is 0 Å². The first-order valence-corrected chi connectivity index (χ1v) is 4.65. The number of hydrogen-bond acceptors (Lipinski definition) is 1. The topological polar surface area (TPSA) is 17.1 Å². The molecular weight excluding hydrogens is 148 g/mol. The molecule has 1 nitrogen and oxygen atoms in total. The minimum absolute atomic E-state index is 0.0874. The molecule has 0 aromatic heterocycles. The molecule has 12 heavy (non-hydrogen) atoms. The lowest BCUT2D eigenvalue weighted by Gasteiger charge is -2.37. The van der Waals surface area contributed by atoms with Gasteiger partial charge >= 0.3 is 0 Å². The average Bonchev–Trinajstić information content (AvgIpc) is 1.98. The summed E-state index contributed by atoms with van der Waals surface area (Å²) in [6.45, 7) is 8.65. The normalized spacial score (nSPS) is 28.8. The van der Waals surface area contributed by atoms with Gasteiger partial charge in [-0.3, -0.25) is 4.79 Å². The van der Waals surface area contributed by atoms with Crippen molar-refractivity contribution in [3.8, 4) is 0 Å². The Balaban J connectivity index is 3.09. The van der Waals surface area contributed by atoms with Crippen LogP contribution >= 0.6 is 0 Å². The standard InChI is InChI=1S/C11H18O/c1-8-5-6-9(2)11(3,4)10(8)7-12/h7,9H,5-6H2,1-4H3/t9-/m1/s1. The fourth-order valence-corrected chi connectivity index (χ4v) is 2.00. The number of carbonyl (C=O) groups excluding carboxylic acids is 1. The Morgan fingerprint density at radius 1 is 1.50 bits per heavy atom. The smallest absolute Gasteiger partial charge is 0.146 e. The van der Waals surface area contributed by atoms with Gasteiger partial charge in [0, 0.05) is 0 Å². The first-order valence-electron chi connectivity index (χ1n) is 4.65. The molecule has 68 valence electrons. The van der Waals surface area contributed by atoms with Crippen molar-refractivity contribution in [2.45, 2.75) is 40.5 Å². The fraction of sp³-hybridized carbons (Fsp3) is 0.727. The van der Waals surface area contributed by atoms with Crippen LogP contribution in [0.2, 0.25) is 0 Å². The Bertz CT molecular complexity index is 223. The molecule has 0 unspecified atom stereocenters. The van der Waals surface area contributed by atoms with Gasteiger partial charge < -0.3 is 0 Å². The van der Waals surface area contributed by atoms with Gasteiger partial charge in [-0.2, -0.15) is 0 Å². The van der Waals surface area contributed by atoms with Gasteiger partial charge in [0.2, 0.25) is 0 Å². The minimum Gasteiger partial charge on any atom is -0.298 e. The molecule has 0 spiro atoms. The molecule has 0 saturated heterocycles. The van der Waals surface area contributed by atoms with Crippen LogP contribution in [0.4, 0.5) is 0 Å². The van der Waals surface area contributed by atoms with Crippen molar-refractivity contribution < 1.29 is 4.79 Å². The van der Waals surface area contributed by atoms with Crippen LogP contribution in [0.25, 0.3) is 0 Å². The van der Waals surface area contributed by atoms with Gasteiger partial charge in [0.05, 0.1) is 0 Å². The van der Waals surface area contributed by atoms with Gasteiger partial charge in [-0.15, -0.1) is 0 Å². The van der Waals surface area contributed by atoms with Crippen molar-refractivity contribution in [2.75, 3.05) is 0 Å². The molecule has 1 rings (SSSR count). The molecule has 0 aliphatic heterocycles. The Labute approximate surface area is 74.9 Å². The van der Waals surface area contributed by atoms with Gasteiger partial charge in [-0.25, -0.2) is 0 Å². The average molecular weight is 166 g/mol. The summed E-state index contributed by atoms with van der Waals surface area (Å²) in [5.74, 6) is 0.626. The zero-order valence-electron chi connectivity index (χ0n) is 8.48. The van der Waals surface area contributed by atoms with Crippen LogP contribution in [0.3, 0.4) is 0 Å². The zero-order valence-corrected chi connectivity index (χ0v) is 8.48. The highest BCUT2D eigenvalue weighted by Gasteiger charge is 2.34. The molecule has 0 fully saturated rings. The third-order valence-electron chi connectivity index (χ3n) is 3.46. The third-order valence-corrected chi connectivity index (χ3v) is 3.46. The predicted molar refractivity (Wildman–Crippen MR) is 50.9 cm³/mol.